The second kappa shape index (κ2) is 8.75. The predicted molar refractivity (Wildman–Crippen MR) is 112 cm³/mol. The highest BCUT2D eigenvalue weighted by molar-refractivity contribution is 7.80. The molecule has 1 saturated heterocycles. The number of hydrogen-bond acceptors (Lipinski definition) is 4. The van der Waals surface area contributed by atoms with E-state index >= 15 is 0 Å². The number of amides is 1. The highest BCUT2D eigenvalue weighted by Gasteiger charge is 2.33. The molecule has 1 N–H and O–H groups in total. The Kier molecular flexibility index (Phi) is 6.34. The lowest BCUT2D eigenvalue weighted by Gasteiger charge is -2.16. The molecule has 0 aliphatic carbocycles. The monoisotopic (exact) mass is 438 g/mol. The molecule has 1 aliphatic rings. The number of benzene rings is 2. The van der Waals surface area contributed by atoms with Crippen molar-refractivity contribution >= 4 is 46.6 Å². The van der Waals surface area contributed by atoms with Gasteiger partial charge in [0.1, 0.15) is 5.70 Å². The maximum Gasteiger partial charge on any atom is 0.387 e. The second-order valence-corrected chi connectivity index (χ2v) is 6.87. The first-order valence-corrected chi connectivity index (χ1v) is 9.44. The smallest absolute Gasteiger partial charge is 0.387 e. The summed E-state index contributed by atoms with van der Waals surface area (Å²) in [7, 11) is 0. The van der Waals surface area contributed by atoms with Crippen molar-refractivity contribution in [3.8, 4) is 11.5 Å². The third-order valence-electron chi connectivity index (χ3n) is 4.09. The van der Waals surface area contributed by atoms with Gasteiger partial charge in [0.15, 0.2) is 16.6 Å². The highest BCUT2D eigenvalue weighted by atomic mass is 35.5. The van der Waals surface area contributed by atoms with Crippen molar-refractivity contribution in [3.05, 3.63) is 58.2 Å². The van der Waals surface area contributed by atoms with Gasteiger partial charge in [-0.25, -0.2) is 0 Å². The van der Waals surface area contributed by atoms with Gasteiger partial charge in [0.05, 0.1) is 12.3 Å². The number of aryl methyl sites for hydroxylation is 1. The van der Waals surface area contributed by atoms with Gasteiger partial charge in [0.2, 0.25) is 0 Å². The van der Waals surface area contributed by atoms with Gasteiger partial charge >= 0.3 is 6.61 Å². The van der Waals surface area contributed by atoms with Crippen LogP contribution >= 0.6 is 23.8 Å². The fraction of sp³-hybridized carbons (Fsp3) is 0.200. The molecule has 0 spiro atoms. The fourth-order valence-corrected chi connectivity index (χ4v) is 3.43. The van der Waals surface area contributed by atoms with Crippen LogP contribution in [0, 0.1) is 6.92 Å². The Balaban J connectivity index is 2.00. The number of nitrogens with zero attached hydrogens (tertiary/aromatic N) is 1. The van der Waals surface area contributed by atoms with Gasteiger partial charge in [-0.2, -0.15) is 8.78 Å². The molecule has 2 aromatic rings. The van der Waals surface area contributed by atoms with Crippen molar-refractivity contribution in [1.29, 1.82) is 0 Å². The maximum atomic E-state index is 13.0. The fourth-order valence-electron chi connectivity index (χ4n) is 2.91. The number of carbonyl (C=O) groups is 1. The highest BCUT2D eigenvalue weighted by Crippen LogP contribution is 2.35. The van der Waals surface area contributed by atoms with E-state index in [1.165, 1.54) is 17.0 Å². The summed E-state index contributed by atoms with van der Waals surface area (Å²) in [6.07, 6.45) is 1.40. The van der Waals surface area contributed by atoms with E-state index in [4.69, 9.17) is 28.6 Å². The van der Waals surface area contributed by atoms with E-state index < -0.39 is 12.5 Å². The van der Waals surface area contributed by atoms with E-state index in [0.717, 1.165) is 5.56 Å². The summed E-state index contributed by atoms with van der Waals surface area (Å²) in [6.45, 7) is 0.753. The molecule has 1 amide bonds. The van der Waals surface area contributed by atoms with Crippen LogP contribution in [0.15, 0.2) is 42.1 Å². The molecule has 0 radical (unpaired) electrons. The number of thiocarbonyl (C=S) groups is 1. The SMILES string of the molecule is CCOc1cccc(/C=C2\NC(=S)N(c3ccc(Cl)cc3C)C2=O)c1OC(F)F. The van der Waals surface area contributed by atoms with Gasteiger partial charge in [-0.3, -0.25) is 9.69 Å². The topological polar surface area (TPSA) is 50.8 Å². The van der Waals surface area contributed by atoms with Gasteiger partial charge in [0, 0.05) is 10.6 Å². The minimum absolute atomic E-state index is 0.122. The van der Waals surface area contributed by atoms with E-state index in [1.54, 1.807) is 44.2 Å². The Morgan fingerprint density at radius 3 is 2.72 bits per heavy atom. The molecule has 3 rings (SSSR count). The molecule has 0 aromatic heterocycles. The van der Waals surface area contributed by atoms with Crippen LogP contribution in [-0.2, 0) is 4.79 Å². The Labute approximate surface area is 176 Å². The number of para-hydroxylation sites is 1. The van der Waals surface area contributed by atoms with E-state index in [9.17, 15) is 13.6 Å². The minimum atomic E-state index is -3.05. The molecule has 5 nitrogen and oxygen atoms in total. The average molecular weight is 439 g/mol. The molecular weight excluding hydrogens is 422 g/mol. The Morgan fingerprint density at radius 1 is 1.31 bits per heavy atom. The number of ether oxygens (including phenoxy) is 2. The molecule has 152 valence electrons. The standard InChI is InChI=1S/C20H17ClF2N2O3S/c1-3-27-16-6-4-5-12(17(16)28-19(22)23)10-14-18(26)25(20(29)24-14)15-8-7-13(21)9-11(15)2/h4-10,19H,3H2,1-2H3,(H,24,29)/b14-10-. The van der Waals surface area contributed by atoms with Crippen molar-refractivity contribution in [2.75, 3.05) is 11.5 Å². The van der Waals surface area contributed by atoms with Crippen LogP contribution in [0.2, 0.25) is 5.02 Å². The van der Waals surface area contributed by atoms with E-state index in [-0.39, 0.29) is 34.5 Å². The van der Waals surface area contributed by atoms with Gasteiger partial charge in [-0.05, 0) is 62.0 Å². The molecule has 29 heavy (non-hydrogen) atoms. The lowest BCUT2D eigenvalue weighted by Crippen LogP contribution is -2.30. The Morgan fingerprint density at radius 2 is 2.07 bits per heavy atom. The van der Waals surface area contributed by atoms with Crippen molar-refractivity contribution in [1.82, 2.24) is 5.32 Å². The lowest BCUT2D eigenvalue weighted by molar-refractivity contribution is -0.113. The van der Waals surface area contributed by atoms with Crippen LogP contribution in [0.5, 0.6) is 11.5 Å². The van der Waals surface area contributed by atoms with Gasteiger partial charge in [-0.15, -0.1) is 0 Å². The molecule has 1 aliphatic heterocycles. The Hall–Kier alpha value is -2.71. The van der Waals surface area contributed by atoms with Crippen molar-refractivity contribution < 1.29 is 23.0 Å². The Bertz CT molecular complexity index is 998. The summed E-state index contributed by atoms with van der Waals surface area (Å²) >= 11 is 11.3. The number of hydrogen-bond donors (Lipinski definition) is 1. The van der Waals surface area contributed by atoms with Gasteiger partial charge in [-0.1, -0.05) is 23.7 Å². The molecule has 0 saturated carbocycles. The van der Waals surface area contributed by atoms with E-state index in [1.807, 2.05) is 0 Å². The summed E-state index contributed by atoms with van der Waals surface area (Å²) in [4.78, 5) is 14.3. The number of rotatable bonds is 6. The summed E-state index contributed by atoms with van der Waals surface area (Å²) in [5.41, 5.74) is 1.71. The summed E-state index contributed by atoms with van der Waals surface area (Å²) in [6, 6.07) is 9.74. The molecular formula is C20H17ClF2N2O3S. The van der Waals surface area contributed by atoms with Crippen molar-refractivity contribution in [3.63, 3.8) is 0 Å². The van der Waals surface area contributed by atoms with E-state index in [2.05, 4.69) is 10.1 Å². The number of carbonyl (C=O) groups excluding carboxylic acids is 1. The zero-order chi connectivity index (χ0) is 21.1. The third-order valence-corrected chi connectivity index (χ3v) is 4.61. The quantitative estimate of drug-likeness (QED) is 0.513. The largest absolute Gasteiger partial charge is 0.490 e. The summed E-state index contributed by atoms with van der Waals surface area (Å²) in [5, 5.41) is 3.53. The van der Waals surface area contributed by atoms with Crippen LogP contribution in [-0.4, -0.2) is 24.2 Å². The molecule has 0 bridgehead atoms. The van der Waals surface area contributed by atoms with Crippen LogP contribution in [0.1, 0.15) is 18.1 Å². The minimum Gasteiger partial charge on any atom is -0.490 e. The van der Waals surface area contributed by atoms with Gasteiger partial charge in [0.25, 0.3) is 5.91 Å². The number of alkyl halides is 2. The number of anilines is 1. The lowest BCUT2D eigenvalue weighted by atomic mass is 10.1. The zero-order valence-corrected chi connectivity index (χ0v) is 17.1. The molecule has 2 aromatic carbocycles. The molecule has 9 heteroatoms. The normalized spacial score (nSPS) is 15.2. The first-order valence-electron chi connectivity index (χ1n) is 8.65. The number of nitrogens with one attached hydrogen (secondary N) is 1. The van der Waals surface area contributed by atoms with Crippen LogP contribution in [0.25, 0.3) is 6.08 Å². The number of halogens is 3. The first kappa shape index (κ1) is 21.0. The molecule has 0 atom stereocenters. The van der Waals surface area contributed by atoms with Crippen LogP contribution in [0.3, 0.4) is 0 Å². The van der Waals surface area contributed by atoms with Crippen molar-refractivity contribution in [2.45, 2.75) is 20.5 Å². The van der Waals surface area contributed by atoms with Crippen molar-refractivity contribution in [2.24, 2.45) is 0 Å². The average Bonchev–Trinajstić information content (AvgIpc) is 2.91. The maximum absolute atomic E-state index is 13.0. The van der Waals surface area contributed by atoms with Gasteiger partial charge < -0.3 is 14.8 Å². The summed E-state index contributed by atoms with van der Waals surface area (Å²) in [5.74, 6) is -0.427. The van der Waals surface area contributed by atoms with E-state index in [0.29, 0.717) is 10.7 Å². The first-order chi connectivity index (χ1) is 13.8. The van der Waals surface area contributed by atoms with Crippen LogP contribution < -0.4 is 19.7 Å². The summed E-state index contributed by atoms with van der Waals surface area (Å²) < 4.78 is 35.8. The third kappa shape index (κ3) is 4.49. The van der Waals surface area contributed by atoms with Crippen LogP contribution in [0.4, 0.5) is 14.5 Å². The predicted octanol–water partition coefficient (Wildman–Crippen LogP) is 4.91. The second-order valence-electron chi connectivity index (χ2n) is 6.05. The molecule has 1 heterocycles. The molecule has 1 fully saturated rings. The zero-order valence-electron chi connectivity index (χ0n) is 15.5. The molecule has 0 unspecified atom stereocenters.